The summed E-state index contributed by atoms with van der Waals surface area (Å²) in [5, 5.41) is 6.22. The summed E-state index contributed by atoms with van der Waals surface area (Å²) in [6.45, 7) is 1.61. The van der Waals surface area contributed by atoms with E-state index in [2.05, 4.69) is 20.1 Å². The number of thiophene rings is 1. The lowest BCUT2D eigenvalue weighted by molar-refractivity contribution is -0.274. The number of alkyl halides is 3. The summed E-state index contributed by atoms with van der Waals surface area (Å²) >= 11 is 2.21. The number of halogens is 3. The highest BCUT2D eigenvalue weighted by Crippen LogP contribution is 2.34. The average molecular weight is 441 g/mol. The molecule has 0 aliphatic rings. The zero-order valence-corrected chi connectivity index (χ0v) is 16.4. The second-order valence-corrected chi connectivity index (χ2v) is 7.81. The molecule has 2 heterocycles. The SMILES string of the molecule is Cc1cc(OC(F)(F)F)cc2sc(NC(=O)c3ccc(C(N)=CC=NN)s3)nc12. The van der Waals surface area contributed by atoms with Gasteiger partial charge in [0.05, 0.1) is 25.7 Å². The maximum atomic E-state index is 12.5. The number of anilines is 1. The van der Waals surface area contributed by atoms with Crippen LogP contribution < -0.4 is 21.6 Å². The average Bonchev–Trinajstić information content (AvgIpc) is 3.25. The summed E-state index contributed by atoms with van der Waals surface area (Å²) in [6.07, 6.45) is -1.95. The summed E-state index contributed by atoms with van der Waals surface area (Å²) in [5.41, 5.74) is 7.25. The van der Waals surface area contributed by atoms with Crippen LogP contribution >= 0.6 is 22.7 Å². The van der Waals surface area contributed by atoms with Crippen molar-refractivity contribution in [2.24, 2.45) is 16.7 Å². The highest BCUT2D eigenvalue weighted by Gasteiger charge is 2.31. The van der Waals surface area contributed by atoms with Gasteiger partial charge in [-0.2, -0.15) is 5.10 Å². The molecular formula is C17H14F3N5O2S2. The number of thiazole rings is 1. The Kier molecular flexibility index (Phi) is 5.75. The Morgan fingerprint density at radius 3 is 2.69 bits per heavy atom. The number of hydrogen-bond donors (Lipinski definition) is 3. The molecule has 5 N–H and O–H groups in total. The van der Waals surface area contributed by atoms with E-state index in [1.54, 1.807) is 19.1 Å². The number of ether oxygens (including phenoxy) is 1. The molecule has 1 amide bonds. The first-order chi connectivity index (χ1) is 13.7. The normalized spacial score (nSPS) is 12.6. The van der Waals surface area contributed by atoms with Crippen LogP contribution in [0.4, 0.5) is 18.3 Å². The molecular weight excluding hydrogens is 427 g/mol. The number of nitrogens with one attached hydrogen (secondary N) is 1. The smallest absolute Gasteiger partial charge is 0.406 e. The molecule has 3 aromatic rings. The molecule has 0 spiro atoms. The molecule has 0 aliphatic carbocycles. The van der Waals surface area contributed by atoms with Gasteiger partial charge in [0, 0.05) is 12.3 Å². The zero-order chi connectivity index (χ0) is 21.2. The maximum Gasteiger partial charge on any atom is 0.573 e. The van der Waals surface area contributed by atoms with Crippen LogP contribution in [-0.4, -0.2) is 23.5 Å². The summed E-state index contributed by atoms with van der Waals surface area (Å²) in [6, 6.07) is 5.76. The fraction of sp³-hybridized carbons (Fsp3) is 0.118. The minimum atomic E-state index is -4.79. The van der Waals surface area contributed by atoms with Gasteiger partial charge < -0.3 is 16.3 Å². The molecule has 0 atom stereocenters. The quantitative estimate of drug-likeness (QED) is 0.314. The van der Waals surface area contributed by atoms with Gasteiger partial charge in [-0.3, -0.25) is 10.1 Å². The molecule has 7 nitrogen and oxygen atoms in total. The van der Waals surface area contributed by atoms with Crippen LogP contribution in [0.1, 0.15) is 20.1 Å². The molecule has 2 aromatic heterocycles. The highest BCUT2D eigenvalue weighted by atomic mass is 32.1. The Hall–Kier alpha value is -3.12. The van der Waals surface area contributed by atoms with Crippen LogP contribution in [0.25, 0.3) is 15.9 Å². The van der Waals surface area contributed by atoms with Gasteiger partial charge in [-0.05, 0) is 36.8 Å². The number of amides is 1. The van der Waals surface area contributed by atoms with Gasteiger partial charge in [-0.25, -0.2) is 4.98 Å². The first-order valence-corrected chi connectivity index (χ1v) is 9.57. The Bertz CT molecular complexity index is 1120. The summed E-state index contributed by atoms with van der Waals surface area (Å²) in [7, 11) is 0. The third-order valence-corrected chi connectivity index (χ3v) is 5.62. The van der Waals surface area contributed by atoms with E-state index in [-0.39, 0.29) is 10.9 Å². The number of allylic oxidation sites excluding steroid dienone is 1. The van der Waals surface area contributed by atoms with Crippen molar-refractivity contribution in [3.05, 3.63) is 45.7 Å². The van der Waals surface area contributed by atoms with E-state index < -0.39 is 12.3 Å². The minimum absolute atomic E-state index is 0.256. The fourth-order valence-corrected chi connectivity index (χ4v) is 4.20. The predicted octanol–water partition coefficient (Wildman–Crippen LogP) is 4.06. The molecule has 12 heteroatoms. The van der Waals surface area contributed by atoms with E-state index in [4.69, 9.17) is 11.6 Å². The Morgan fingerprint density at radius 2 is 2.00 bits per heavy atom. The summed E-state index contributed by atoms with van der Waals surface area (Å²) in [4.78, 5) is 17.8. The van der Waals surface area contributed by atoms with E-state index in [0.29, 0.717) is 31.2 Å². The van der Waals surface area contributed by atoms with Gasteiger partial charge in [-0.1, -0.05) is 11.3 Å². The number of fused-ring (bicyclic) bond motifs is 1. The molecule has 0 unspecified atom stereocenters. The number of rotatable bonds is 5. The van der Waals surface area contributed by atoms with Gasteiger partial charge >= 0.3 is 6.36 Å². The second kappa shape index (κ2) is 8.09. The van der Waals surface area contributed by atoms with Gasteiger partial charge in [0.15, 0.2) is 5.13 Å². The predicted molar refractivity (Wildman–Crippen MR) is 108 cm³/mol. The van der Waals surface area contributed by atoms with Crippen molar-refractivity contribution in [3.8, 4) is 5.75 Å². The Balaban J connectivity index is 1.80. The van der Waals surface area contributed by atoms with Crippen LogP contribution in [0.2, 0.25) is 0 Å². The lowest BCUT2D eigenvalue weighted by Crippen LogP contribution is -2.17. The van der Waals surface area contributed by atoms with Crippen LogP contribution in [0.5, 0.6) is 5.75 Å². The molecule has 0 radical (unpaired) electrons. The summed E-state index contributed by atoms with van der Waals surface area (Å²) in [5.74, 6) is 4.27. The maximum absolute atomic E-state index is 12.5. The largest absolute Gasteiger partial charge is 0.573 e. The van der Waals surface area contributed by atoms with Crippen LogP contribution in [0.3, 0.4) is 0 Å². The number of nitrogens with two attached hydrogens (primary N) is 2. The molecule has 0 saturated carbocycles. The Morgan fingerprint density at radius 1 is 1.28 bits per heavy atom. The molecule has 152 valence electrons. The molecule has 0 aliphatic heterocycles. The van der Waals surface area contributed by atoms with Crippen molar-refractivity contribution in [1.29, 1.82) is 0 Å². The number of aryl methyl sites for hydroxylation is 1. The summed E-state index contributed by atoms with van der Waals surface area (Å²) < 4.78 is 41.8. The molecule has 0 saturated heterocycles. The highest BCUT2D eigenvalue weighted by molar-refractivity contribution is 7.22. The van der Waals surface area contributed by atoms with Gasteiger partial charge in [0.2, 0.25) is 0 Å². The van der Waals surface area contributed by atoms with Crippen molar-refractivity contribution in [2.75, 3.05) is 5.32 Å². The zero-order valence-electron chi connectivity index (χ0n) is 14.8. The van der Waals surface area contributed by atoms with Gasteiger partial charge in [-0.15, -0.1) is 24.5 Å². The first kappa shape index (κ1) is 20.6. The number of hydrogen-bond acceptors (Lipinski definition) is 8. The first-order valence-electron chi connectivity index (χ1n) is 7.94. The minimum Gasteiger partial charge on any atom is -0.406 e. The van der Waals surface area contributed by atoms with E-state index in [1.165, 1.54) is 24.4 Å². The molecule has 1 aromatic carbocycles. The van der Waals surface area contributed by atoms with Gasteiger partial charge in [0.1, 0.15) is 5.75 Å². The van der Waals surface area contributed by atoms with Crippen molar-refractivity contribution >= 4 is 55.8 Å². The van der Waals surface area contributed by atoms with Crippen LogP contribution in [-0.2, 0) is 0 Å². The molecule has 0 bridgehead atoms. The Labute approximate surface area is 170 Å². The standard InChI is InChI=1S/C17H14F3N5O2S2/c1-8-6-9(27-17(18,19)20)7-13-14(8)24-16(29-13)25-15(26)12-3-2-11(28-12)10(21)4-5-23-22/h2-7H,21-22H2,1H3,(H,24,25,26). The van der Waals surface area contributed by atoms with E-state index in [0.717, 1.165) is 22.7 Å². The van der Waals surface area contributed by atoms with Crippen molar-refractivity contribution in [3.63, 3.8) is 0 Å². The van der Waals surface area contributed by atoms with Crippen molar-refractivity contribution in [2.45, 2.75) is 13.3 Å². The molecule has 3 rings (SSSR count). The van der Waals surface area contributed by atoms with E-state index >= 15 is 0 Å². The number of carbonyl (C=O) groups is 1. The third-order valence-electron chi connectivity index (χ3n) is 3.57. The molecule has 0 fully saturated rings. The van der Waals surface area contributed by atoms with Crippen molar-refractivity contribution in [1.82, 2.24) is 4.98 Å². The van der Waals surface area contributed by atoms with Gasteiger partial charge in [0.25, 0.3) is 5.91 Å². The number of carbonyl (C=O) groups excluding carboxylic acids is 1. The van der Waals surface area contributed by atoms with Crippen molar-refractivity contribution < 1.29 is 22.7 Å². The number of aromatic nitrogens is 1. The lowest BCUT2D eigenvalue weighted by atomic mass is 10.2. The topological polar surface area (TPSA) is 116 Å². The monoisotopic (exact) mass is 441 g/mol. The number of hydrazone groups is 1. The second-order valence-electron chi connectivity index (χ2n) is 5.69. The number of nitrogens with zero attached hydrogens (tertiary/aromatic N) is 2. The third kappa shape index (κ3) is 5.03. The fourth-order valence-electron chi connectivity index (χ4n) is 2.39. The van der Waals surface area contributed by atoms with E-state index in [9.17, 15) is 18.0 Å². The van der Waals surface area contributed by atoms with E-state index in [1.807, 2.05) is 0 Å². The number of benzene rings is 1. The molecule has 29 heavy (non-hydrogen) atoms. The lowest BCUT2D eigenvalue weighted by Gasteiger charge is -2.09. The van der Waals surface area contributed by atoms with Crippen LogP contribution in [0.15, 0.2) is 35.4 Å². The van der Waals surface area contributed by atoms with Crippen LogP contribution in [0, 0.1) is 6.92 Å².